The van der Waals surface area contributed by atoms with Crippen molar-refractivity contribution >= 4 is 17.1 Å². The molecule has 1 aromatic rings. The summed E-state index contributed by atoms with van der Waals surface area (Å²) in [7, 11) is -9.89. The Labute approximate surface area is 226 Å². The van der Waals surface area contributed by atoms with E-state index < -0.39 is 30.3 Å². The minimum absolute atomic E-state index is 0. The number of nitro benzene ring substituents is 2. The molecule has 1 saturated heterocycles. The maximum absolute atomic E-state index is 11.4. The van der Waals surface area contributed by atoms with Gasteiger partial charge >= 0.3 is 17.1 Å². The van der Waals surface area contributed by atoms with Crippen molar-refractivity contribution in [2.45, 2.75) is 12.8 Å². The Hall–Kier alpha value is -1.52. The fourth-order valence-electron chi connectivity index (χ4n) is 2.89. The Morgan fingerprint density at radius 3 is 1.59 bits per heavy atom. The third kappa shape index (κ3) is 23.3. The van der Waals surface area contributed by atoms with Crippen LogP contribution in [0.2, 0.25) is 0 Å². The SMILES string of the molecule is O=[N+]([O-])c1ccc(N2CCCNCCNCCCNCC2)c([N+](=O)[O-])c1.[Cu+2].[O-][Cl+3]([O-])([O-])[O-].[O-][Cl+3]([O-])([O-])[O-]. The first-order chi connectivity index (χ1) is 16.6. The van der Waals surface area contributed by atoms with Crippen molar-refractivity contribution in [2.24, 2.45) is 0 Å². The molecule has 1 aliphatic heterocycles. The van der Waals surface area contributed by atoms with Gasteiger partial charge in [0.25, 0.3) is 11.4 Å². The van der Waals surface area contributed by atoms with E-state index in [-0.39, 0.29) is 28.4 Å². The van der Waals surface area contributed by atoms with E-state index in [1.807, 2.05) is 4.90 Å². The molecule has 0 bridgehead atoms. The smallest absolute Gasteiger partial charge is 0.365 e. The van der Waals surface area contributed by atoms with Crippen LogP contribution < -0.4 is 58.1 Å². The molecule has 1 aliphatic rings. The summed E-state index contributed by atoms with van der Waals surface area (Å²) in [4.78, 5) is 23.1. The molecule has 217 valence electrons. The first-order valence-electron chi connectivity index (χ1n) is 10.1. The topological polar surface area (TPSA) is 310 Å². The van der Waals surface area contributed by atoms with Crippen LogP contribution in [0.1, 0.15) is 12.8 Å². The summed E-state index contributed by atoms with van der Waals surface area (Å²) in [5.74, 6) is 0. The minimum atomic E-state index is -4.94. The first kappa shape index (κ1) is 37.6. The molecule has 0 aromatic heterocycles. The molecule has 1 fully saturated rings. The zero-order chi connectivity index (χ0) is 27.8. The Kier molecular flexibility index (Phi) is 19.9. The van der Waals surface area contributed by atoms with Gasteiger partial charge in [-0.05, 0) is 38.5 Å². The molecule has 18 nitrogen and oxygen atoms in total. The largest absolute Gasteiger partial charge is 2.00 e. The van der Waals surface area contributed by atoms with Gasteiger partial charge in [0.2, 0.25) is 0 Å². The van der Waals surface area contributed by atoms with Gasteiger partial charge in [-0.25, -0.2) is 37.3 Å². The number of nitro groups is 2. The van der Waals surface area contributed by atoms with Crippen molar-refractivity contribution < 1.29 is 84.7 Å². The van der Waals surface area contributed by atoms with Gasteiger partial charge in [-0.3, -0.25) is 20.2 Å². The van der Waals surface area contributed by atoms with Gasteiger partial charge in [0.15, 0.2) is 0 Å². The summed E-state index contributed by atoms with van der Waals surface area (Å²) in [6, 6.07) is 3.85. The maximum Gasteiger partial charge on any atom is 2.00 e. The number of non-ortho nitro benzene ring substituents is 1. The molecule has 1 radical (unpaired) electrons. The second-order valence-corrected chi connectivity index (χ2v) is 8.40. The number of hydrogen-bond acceptors (Lipinski definition) is 16. The quantitative estimate of drug-likeness (QED) is 0.159. The molecule has 0 spiro atoms. The summed E-state index contributed by atoms with van der Waals surface area (Å²) < 4.78 is 67.9. The monoisotopic (exact) mass is 627 g/mol. The molecule has 0 aliphatic carbocycles. The Bertz CT molecular complexity index is 765. The van der Waals surface area contributed by atoms with Gasteiger partial charge in [-0.15, -0.1) is 20.5 Å². The van der Waals surface area contributed by atoms with Crippen molar-refractivity contribution in [3.8, 4) is 0 Å². The molecule has 0 atom stereocenters. The molecule has 37 heavy (non-hydrogen) atoms. The molecule has 1 aromatic carbocycles. The van der Waals surface area contributed by atoms with Crippen LogP contribution in [0.4, 0.5) is 17.1 Å². The van der Waals surface area contributed by atoms with Gasteiger partial charge in [-0.1, -0.05) is 0 Å². The van der Waals surface area contributed by atoms with E-state index in [1.165, 1.54) is 12.1 Å². The van der Waals surface area contributed by atoms with Crippen molar-refractivity contribution in [1.29, 1.82) is 0 Å². The van der Waals surface area contributed by atoms with Crippen LogP contribution in [0, 0.1) is 40.7 Å². The Balaban J connectivity index is 0. The Morgan fingerprint density at radius 2 is 1.14 bits per heavy atom. The van der Waals surface area contributed by atoms with E-state index in [9.17, 15) is 20.2 Å². The number of hydrogen-bond donors (Lipinski definition) is 3. The summed E-state index contributed by atoms with van der Waals surface area (Å²) >= 11 is 0. The van der Waals surface area contributed by atoms with Crippen molar-refractivity contribution in [3.05, 3.63) is 38.4 Å². The van der Waals surface area contributed by atoms with Gasteiger partial charge < -0.3 is 20.9 Å². The van der Waals surface area contributed by atoms with Gasteiger partial charge in [0.05, 0.1) is 15.9 Å². The number of nitrogens with one attached hydrogen (secondary N) is 3. The summed E-state index contributed by atoms with van der Waals surface area (Å²) in [6.45, 7) is 6.37. The second kappa shape index (κ2) is 19.5. The molecule has 0 saturated carbocycles. The zero-order valence-corrected chi connectivity index (χ0v) is 21.6. The molecule has 3 N–H and O–H groups in total. The van der Waals surface area contributed by atoms with Crippen LogP contribution in [0.3, 0.4) is 0 Å². The average Bonchev–Trinajstić information content (AvgIpc) is 2.72. The van der Waals surface area contributed by atoms with Crippen LogP contribution >= 0.6 is 0 Å². The van der Waals surface area contributed by atoms with Crippen molar-refractivity contribution in [2.75, 3.05) is 57.3 Å². The maximum atomic E-state index is 11.4. The van der Waals surface area contributed by atoms with Gasteiger partial charge in [0.1, 0.15) is 5.69 Å². The van der Waals surface area contributed by atoms with Crippen LogP contribution in [0.5, 0.6) is 0 Å². The average molecular weight is 629 g/mol. The second-order valence-electron chi connectivity index (χ2n) is 6.89. The molecule has 21 heteroatoms. The van der Waals surface area contributed by atoms with Gasteiger partial charge in [0, 0.05) is 38.8 Å². The van der Waals surface area contributed by atoms with Crippen LogP contribution in [-0.2, 0) is 17.1 Å². The number of benzene rings is 1. The summed E-state index contributed by atoms with van der Waals surface area (Å²) in [5, 5.41) is 32.4. The molecule has 2 rings (SSSR count). The van der Waals surface area contributed by atoms with Crippen molar-refractivity contribution in [3.63, 3.8) is 0 Å². The van der Waals surface area contributed by atoms with E-state index in [4.69, 9.17) is 37.3 Å². The van der Waals surface area contributed by atoms with Crippen molar-refractivity contribution in [1.82, 2.24) is 16.0 Å². The summed E-state index contributed by atoms with van der Waals surface area (Å²) in [6.07, 6.45) is 1.84. The minimum Gasteiger partial charge on any atom is -0.365 e. The van der Waals surface area contributed by atoms with E-state index in [0.29, 0.717) is 25.3 Å². The zero-order valence-electron chi connectivity index (χ0n) is 19.1. The number of rotatable bonds is 3. The number of halogens is 2. The molecule has 0 amide bonds. The number of nitrogens with zero attached hydrogens (tertiary/aromatic N) is 3. The van der Waals surface area contributed by atoms with Gasteiger partial charge in [-0.2, -0.15) is 0 Å². The molecule has 0 unspecified atom stereocenters. The third-order valence-electron chi connectivity index (χ3n) is 4.23. The van der Waals surface area contributed by atoms with Crippen LogP contribution in [-0.4, -0.2) is 62.2 Å². The summed E-state index contributed by atoms with van der Waals surface area (Å²) in [5.41, 5.74) is -0.0662. The molecular weight excluding hydrogens is 603 g/mol. The Morgan fingerprint density at radius 1 is 0.676 bits per heavy atom. The fraction of sp³-hybridized carbons (Fsp3) is 0.625. The van der Waals surface area contributed by atoms with E-state index in [1.54, 1.807) is 0 Å². The fourth-order valence-corrected chi connectivity index (χ4v) is 2.89. The van der Waals surface area contributed by atoms with Crippen LogP contribution in [0.15, 0.2) is 18.2 Å². The van der Waals surface area contributed by atoms with E-state index >= 15 is 0 Å². The van der Waals surface area contributed by atoms with Crippen LogP contribution in [0.25, 0.3) is 0 Å². The van der Waals surface area contributed by atoms with E-state index in [2.05, 4.69) is 16.0 Å². The number of anilines is 1. The first-order valence-corrected chi connectivity index (χ1v) is 12.6. The molecule has 1 heterocycles. The third-order valence-corrected chi connectivity index (χ3v) is 4.23. The molecular formula is C16H26Cl2CuN6O12. The normalized spacial score (nSPS) is 15.9. The predicted molar refractivity (Wildman–Crippen MR) is 99.8 cm³/mol. The predicted octanol–water partition coefficient (Wildman–Crippen LogP) is -8.64. The standard InChI is InChI=1S/C16H26N6O4.2ClHO4.Cu/c23-21(24)14-3-4-15(16(13-14)22(25)26)20-11-2-7-18-9-8-17-5-1-6-19-10-12-20;2*2-1(3,4)5;/h3-4,13,17-19H,1-2,5-12H2;2*(H,2,3,4,5);/q;;;+2/p-2. The van der Waals surface area contributed by atoms with E-state index in [0.717, 1.165) is 51.6 Å².